The minimum Gasteiger partial charge on any atom is -0.486 e. The van der Waals surface area contributed by atoms with E-state index in [0.29, 0.717) is 63.2 Å². The molecule has 0 atom stereocenters. The standard InChI is InChI=1S/C19H19NO6S/c21-27(22,15-1-2-16-19(11-15)26-6-5-23-16)20-4-3-13-9-17-18(10-14(13)12-20)25-8-7-24-17/h1-2,9-11H,3-8,12H2. The predicted octanol–water partition coefficient (Wildman–Crippen LogP) is 1.98. The van der Waals surface area contributed by atoms with E-state index in [0.717, 1.165) is 16.9 Å². The second-order valence-corrected chi connectivity index (χ2v) is 8.60. The molecule has 142 valence electrons. The molecular formula is C19H19NO6S. The second-order valence-electron chi connectivity index (χ2n) is 6.66. The second kappa shape index (κ2) is 6.31. The topological polar surface area (TPSA) is 74.3 Å². The summed E-state index contributed by atoms with van der Waals surface area (Å²) in [6.45, 7) is 2.66. The number of ether oxygens (including phenoxy) is 4. The highest BCUT2D eigenvalue weighted by molar-refractivity contribution is 7.89. The first kappa shape index (κ1) is 16.7. The molecule has 8 heteroatoms. The minimum absolute atomic E-state index is 0.216. The maximum atomic E-state index is 13.1. The van der Waals surface area contributed by atoms with Crippen molar-refractivity contribution < 1.29 is 27.4 Å². The Balaban J connectivity index is 1.45. The van der Waals surface area contributed by atoms with Crippen molar-refractivity contribution in [2.75, 3.05) is 33.0 Å². The lowest BCUT2D eigenvalue weighted by Gasteiger charge is -2.30. The maximum Gasteiger partial charge on any atom is 0.243 e. The van der Waals surface area contributed by atoms with Crippen LogP contribution in [0.2, 0.25) is 0 Å². The molecule has 0 unspecified atom stereocenters. The summed E-state index contributed by atoms with van der Waals surface area (Å²) in [4.78, 5) is 0.216. The van der Waals surface area contributed by atoms with E-state index in [9.17, 15) is 8.42 Å². The summed E-state index contributed by atoms with van der Waals surface area (Å²) in [6.07, 6.45) is 0.635. The molecule has 0 aromatic heterocycles. The number of fused-ring (bicyclic) bond motifs is 3. The number of nitrogens with zero attached hydrogens (tertiary/aromatic N) is 1. The largest absolute Gasteiger partial charge is 0.486 e. The molecule has 27 heavy (non-hydrogen) atoms. The molecule has 0 radical (unpaired) electrons. The van der Waals surface area contributed by atoms with Gasteiger partial charge in [0.25, 0.3) is 0 Å². The lowest BCUT2D eigenvalue weighted by atomic mass is 10.00. The predicted molar refractivity (Wildman–Crippen MR) is 96.2 cm³/mol. The Bertz CT molecular complexity index is 1000. The molecule has 5 rings (SSSR count). The van der Waals surface area contributed by atoms with E-state index in [2.05, 4.69) is 0 Å². The Morgan fingerprint density at radius 1 is 0.741 bits per heavy atom. The Morgan fingerprint density at radius 2 is 1.33 bits per heavy atom. The van der Waals surface area contributed by atoms with Crippen LogP contribution < -0.4 is 18.9 Å². The molecule has 0 aliphatic carbocycles. The molecule has 3 aliphatic heterocycles. The lowest BCUT2D eigenvalue weighted by Crippen LogP contribution is -2.36. The molecule has 0 bridgehead atoms. The molecule has 0 saturated carbocycles. The van der Waals surface area contributed by atoms with Crippen LogP contribution in [0.4, 0.5) is 0 Å². The molecule has 0 fully saturated rings. The molecule has 7 nitrogen and oxygen atoms in total. The molecule has 2 aromatic carbocycles. The summed E-state index contributed by atoms with van der Waals surface area (Å²) in [6, 6.07) is 8.64. The van der Waals surface area contributed by atoms with Crippen LogP contribution in [-0.4, -0.2) is 45.7 Å². The van der Waals surface area contributed by atoms with Crippen molar-refractivity contribution in [2.24, 2.45) is 0 Å². The van der Waals surface area contributed by atoms with E-state index in [1.54, 1.807) is 18.2 Å². The Hall–Kier alpha value is -2.45. The zero-order chi connectivity index (χ0) is 18.4. The van der Waals surface area contributed by atoms with Gasteiger partial charge in [-0.1, -0.05) is 0 Å². The van der Waals surface area contributed by atoms with Crippen LogP contribution in [-0.2, 0) is 23.0 Å². The molecule has 0 N–H and O–H groups in total. The summed E-state index contributed by atoms with van der Waals surface area (Å²) < 4.78 is 50.0. The lowest BCUT2D eigenvalue weighted by molar-refractivity contribution is 0.170. The van der Waals surface area contributed by atoms with Gasteiger partial charge in [-0.2, -0.15) is 4.31 Å². The number of hydrogen-bond acceptors (Lipinski definition) is 6. The van der Waals surface area contributed by atoms with Gasteiger partial charge in [0.1, 0.15) is 26.4 Å². The summed E-state index contributed by atoms with van der Waals surface area (Å²) in [7, 11) is -3.63. The first-order chi connectivity index (χ1) is 13.1. The first-order valence-corrected chi connectivity index (χ1v) is 10.4. The molecule has 3 heterocycles. The third kappa shape index (κ3) is 2.89. The summed E-state index contributed by atoms with van der Waals surface area (Å²) in [5.74, 6) is 2.47. The van der Waals surface area contributed by atoms with Gasteiger partial charge in [0.15, 0.2) is 23.0 Å². The third-order valence-electron chi connectivity index (χ3n) is 4.99. The van der Waals surface area contributed by atoms with Gasteiger partial charge in [0, 0.05) is 19.2 Å². The van der Waals surface area contributed by atoms with Crippen LogP contribution in [0.15, 0.2) is 35.2 Å². The fourth-order valence-electron chi connectivity index (χ4n) is 3.61. The average Bonchev–Trinajstić information content (AvgIpc) is 2.71. The van der Waals surface area contributed by atoms with Crippen LogP contribution in [0.25, 0.3) is 0 Å². The van der Waals surface area contributed by atoms with Gasteiger partial charge >= 0.3 is 0 Å². The molecule has 2 aromatic rings. The quantitative estimate of drug-likeness (QED) is 0.782. The molecule has 3 aliphatic rings. The zero-order valence-electron chi connectivity index (χ0n) is 14.6. The fraction of sp³-hybridized carbons (Fsp3) is 0.368. The van der Waals surface area contributed by atoms with Crippen molar-refractivity contribution in [2.45, 2.75) is 17.9 Å². The Morgan fingerprint density at radius 3 is 2.04 bits per heavy atom. The van der Waals surface area contributed by atoms with Crippen molar-refractivity contribution in [3.63, 3.8) is 0 Å². The van der Waals surface area contributed by atoms with Crippen LogP contribution in [0.1, 0.15) is 11.1 Å². The van der Waals surface area contributed by atoms with Gasteiger partial charge in [0.05, 0.1) is 4.90 Å². The smallest absolute Gasteiger partial charge is 0.243 e. The van der Waals surface area contributed by atoms with E-state index >= 15 is 0 Å². The molecular weight excluding hydrogens is 370 g/mol. The first-order valence-electron chi connectivity index (χ1n) is 8.92. The van der Waals surface area contributed by atoms with E-state index in [4.69, 9.17) is 18.9 Å². The maximum absolute atomic E-state index is 13.1. The number of rotatable bonds is 2. The van der Waals surface area contributed by atoms with Gasteiger partial charge < -0.3 is 18.9 Å². The van der Waals surface area contributed by atoms with Gasteiger partial charge in [-0.05, 0) is 41.8 Å². The van der Waals surface area contributed by atoms with Crippen LogP contribution in [0, 0.1) is 0 Å². The highest BCUT2D eigenvalue weighted by Crippen LogP contribution is 2.37. The third-order valence-corrected chi connectivity index (χ3v) is 6.83. The fourth-order valence-corrected chi connectivity index (χ4v) is 5.04. The normalized spacial score (nSPS) is 18.7. The average molecular weight is 389 g/mol. The van der Waals surface area contributed by atoms with Gasteiger partial charge in [-0.15, -0.1) is 0 Å². The highest BCUT2D eigenvalue weighted by atomic mass is 32.2. The van der Waals surface area contributed by atoms with Gasteiger partial charge in [0.2, 0.25) is 10.0 Å². The monoisotopic (exact) mass is 389 g/mol. The van der Waals surface area contributed by atoms with Gasteiger partial charge in [-0.25, -0.2) is 8.42 Å². The Labute approximate surface area is 157 Å². The van der Waals surface area contributed by atoms with E-state index in [1.165, 1.54) is 4.31 Å². The zero-order valence-corrected chi connectivity index (χ0v) is 15.5. The van der Waals surface area contributed by atoms with Crippen molar-refractivity contribution in [1.29, 1.82) is 0 Å². The van der Waals surface area contributed by atoms with Crippen molar-refractivity contribution in [1.82, 2.24) is 4.31 Å². The van der Waals surface area contributed by atoms with Crippen molar-refractivity contribution >= 4 is 10.0 Å². The van der Waals surface area contributed by atoms with Gasteiger partial charge in [-0.3, -0.25) is 0 Å². The van der Waals surface area contributed by atoms with Crippen LogP contribution in [0.5, 0.6) is 23.0 Å². The number of benzene rings is 2. The van der Waals surface area contributed by atoms with Crippen LogP contribution in [0.3, 0.4) is 0 Å². The van der Waals surface area contributed by atoms with E-state index in [1.807, 2.05) is 12.1 Å². The number of sulfonamides is 1. The molecule has 0 spiro atoms. The summed E-state index contributed by atoms with van der Waals surface area (Å²) in [5.41, 5.74) is 2.06. The summed E-state index contributed by atoms with van der Waals surface area (Å²) in [5, 5.41) is 0. The molecule has 0 saturated heterocycles. The Kier molecular flexibility index (Phi) is 3.91. The minimum atomic E-state index is -3.63. The summed E-state index contributed by atoms with van der Waals surface area (Å²) >= 11 is 0. The van der Waals surface area contributed by atoms with E-state index in [-0.39, 0.29) is 4.90 Å². The van der Waals surface area contributed by atoms with Crippen molar-refractivity contribution in [3.05, 3.63) is 41.5 Å². The van der Waals surface area contributed by atoms with Crippen LogP contribution >= 0.6 is 0 Å². The molecule has 0 amide bonds. The SMILES string of the molecule is O=S(=O)(c1ccc2c(c1)OCCO2)N1CCc2cc3c(cc2C1)OCCO3. The van der Waals surface area contributed by atoms with Crippen molar-refractivity contribution in [3.8, 4) is 23.0 Å². The van der Waals surface area contributed by atoms with E-state index < -0.39 is 10.0 Å². The number of hydrogen-bond donors (Lipinski definition) is 0. The highest BCUT2D eigenvalue weighted by Gasteiger charge is 2.31.